The molecule has 0 radical (unpaired) electrons. The SMILES string of the molecule is O=C(NC(=S)Nc1ccc(-c2nc3ccccc3[nH]2)cc1)c1ccc2cccnc2c1. The first-order valence-electron chi connectivity index (χ1n) is 9.68. The molecule has 150 valence electrons. The second-order valence-electron chi connectivity index (χ2n) is 7.00. The number of carbonyl (C=O) groups excluding carboxylic acids is 1. The number of para-hydroxylation sites is 2. The molecule has 6 nitrogen and oxygen atoms in total. The molecule has 0 fully saturated rings. The highest BCUT2D eigenvalue weighted by Gasteiger charge is 2.10. The molecular weight excluding hydrogens is 406 g/mol. The minimum atomic E-state index is -0.288. The molecule has 0 saturated heterocycles. The molecule has 1 amide bonds. The minimum absolute atomic E-state index is 0.225. The number of pyridine rings is 1. The number of fused-ring (bicyclic) bond motifs is 2. The molecule has 0 aliphatic carbocycles. The summed E-state index contributed by atoms with van der Waals surface area (Å²) in [5, 5.41) is 6.95. The summed E-state index contributed by atoms with van der Waals surface area (Å²) in [5.74, 6) is 0.512. The average molecular weight is 424 g/mol. The first-order valence-corrected chi connectivity index (χ1v) is 10.1. The maximum atomic E-state index is 12.5. The fourth-order valence-electron chi connectivity index (χ4n) is 3.35. The summed E-state index contributed by atoms with van der Waals surface area (Å²) in [7, 11) is 0. The van der Waals surface area contributed by atoms with Crippen LogP contribution in [-0.4, -0.2) is 26.0 Å². The lowest BCUT2D eigenvalue weighted by Crippen LogP contribution is -2.34. The third-order valence-corrected chi connectivity index (χ3v) is 5.10. The quantitative estimate of drug-likeness (QED) is 0.359. The van der Waals surface area contributed by atoms with Gasteiger partial charge in [0.05, 0.1) is 16.6 Å². The summed E-state index contributed by atoms with van der Waals surface area (Å²) >= 11 is 5.30. The fourth-order valence-corrected chi connectivity index (χ4v) is 3.56. The third-order valence-electron chi connectivity index (χ3n) is 4.90. The number of hydrogen-bond acceptors (Lipinski definition) is 4. The van der Waals surface area contributed by atoms with Crippen LogP contribution in [0.5, 0.6) is 0 Å². The fraction of sp³-hybridized carbons (Fsp3) is 0. The number of rotatable bonds is 3. The predicted octanol–water partition coefficient (Wildman–Crippen LogP) is 4.90. The molecule has 2 heterocycles. The Morgan fingerprint density at radius 1 is 0.903 bits per heavy atom. The second kappa shape index (κ2) is 7.97. The lowest BCUT2D eigenvalue weighted by atomic mass is 10.1. The van der Waals surface area contributed by atoms with Crippen LogP contribution in [0.2, 0.25) is 0 Å². The number of H-pyrrole nitrogens is 1. The van der Waals surface area contributed by atoms with E-state index in [2.05, 4.69) is 25.6 Å². The Kier molecular flexibility index (Phi) is 4.86. The highest BCUT2D eigenvalue weighted by atomic mass is 32.1. The van der Waals surface area contributed by atoms with E-state index in [1.54, 1.807) is 18.3 Å². The van der Waals surface area contributed by atoms with Gasteiger partial charge in [-0.05, 0) is 66.8 Å². The Bertz CT molecular complexity index is 1390. The Morgan fingerprint density at radius 3 is 2.58 bits per heavy atom. The van der Waals surface area contributed by atoms with Gasteiger partial charge in [-0.2, -0.15) is 0 Å². The van der Waals surface area contributed by atoms with E-state index < -0.39 is 0 Å². The topological polar surface area (TPSA) is 82.7 Å². The molecule has 0 aliphatic rings. The molecule has 0 bridgehead atoms. The van der Waals surface area contributed by atoms with E-state index in [-0.39, 0.29) is 11.0 Å². The Hall–Kier alpha value is -4.10. The number of aromatic amines is 1. The van der Waals surface area contributed by atoms with Crippen molar-refractivity contribution in [3.8, 4) is 11.4 Å². The van der Waals surface area contributed by atoms with Crippen LogP contribution in [0, 0.1) is 0 Å². The first kappa shape index (κ1) is 18.9. The normalized spacial score (nSPS) is 10.8. The van der Waals surface area contributed by atoms with Crippen molar-refractivity contribution >= 4 is 50.9 Å². The molecule has 7 heteroatoms. The van der Waals surface area contributed by atoms with Gasteiger partial charge in [-0.1, -0.05) is 24.3 Å². The molecule has 3 aromatic carbocycles. The van der Waals surface area contributed by atoms with Crippen LogP contribution in [0.15, 0.2) is 85.1 Å². The van der Waals surface area contributed by atoms with Crippen LogP contribution in [0.25, 0.3) is 33.3 Å². The van der Waals surface area contributed by atoms with Crippen LogP contribution in [0.4, 0.5) is 5.69 Å². The first-order chi connectivity index (χ1) is 15.2. The van der Waals surface area contributed by atoms with Crippen LogP contribution in [-0.2, 0) is 0 Å². The van der Waals surface area contributed by atoms with E-state index in [1.165, 1.54) is 0 Å². The number of amides is 1. The lowest BCUT2D eigenvalue weighted by Gasteiger charge is -2.10. The molecule has 2 aromatic heterocycles. The molecule has 31 heavy (non-hydrogen) atoms. The number of benzene rings is 3. The van der Waals surface area contributed by atoms with E-state index >= 15 is 0 Å². The van der Waals surface area contributed by atoms with E-state index in [4.69, 9.17) is 12.2 Å². The van der Waals surface area contributed by atoms with Crippen LogP contribution < -0.4 is 10.6 Å². The van der Waals surface area contributed by atoms with Crippen molar-refractivity contribution in [3.05, 3.63) is 90.6 Å². The Morgan fingerprint density at radius 2 is 1.74 bits per heavy atom. The zero-order chi connectivity index (χ0) is 21.2. The molecule has 0 aliphatic heterocycles. The van der Waals surface area contributed by atoms with Gasteiger partial charge in [-0.15, -0.1) is 0 Å². The van der Waals surface area contributed by atoms with Gasteiger partial charge in [0.2, 0.25) is 0 Å². The van der Waals surface area contributed by atoms with E-state index in [0.717, 1.165) is 39.0 Å². The highest BCUT2D eigenvalue weighted by molar-refractivity contribution is 7.80. The molecule has 0 unspecified atom stereocenters. The van der Waals surface area contributed by atoms with Gasteiger partial charge in [-0.25, -0.2) is 4.98 Å². The monoisotopic (exact) mass is 423 g/mol. The smallest absolute Gasteiger partial charge is 0.257 e. The van der Waals surface area contributed by atoms with Gasteiger partial charge in [0.15, 0.2) is 5.11 Å². The maximum absolute atomic E-state index is 12.5. The summed E-state index contributed by atoms with van der Waals surface area (Å²) in [4.78, 5) is 24.7. The number of aromatic nitrogens is 3. The maximum Gasteiger partial charge on any atom is 0.257 e. The van der Waals surface area contributed by atoms with Crippen molar-refractivity contribution in [2.24, 2.45) is 0 Å². The van der Waals surface area contributed by atoms with E-state index in [0.29, 0.717) is 5.56 Å². The average Bonchev–Trinajstić information content (AvgIpc) is 3.23. The second-order valence-corrected chi connectivity index (χ2v) is 7.41. The van der Waals surface area contributed by atoms with E-state index in [1.807, 2.05) is 66.7 Å². The molecule has 3 N–H and O–H groups in total. The van der Waals surface area contributed by atoms with Crippen molar-refractivity contribution in [1.29, 1.82) is 0 Å². The predicted molar refractivity (Wildman–Crippen MR) is 127 cm³/mol. The molecule has 0 atom stereocenters. The molecule has 0 saturated carbocycles. The number of hydrogen-bond donors (Lipinski definition) is 3. The summed E-state index contributed by atoms with van der Waals surface area (Å²) in [6.07, 6.45) is 1.70. The van der Waals surface area contributed by atoms with Crippen molar-refractivity contribution < 1.29 is 4.79 Å². The van der Waals surface area contributed by atoms with Crippen LogP contribution in [0.3, 0.4) is 0 Å². The van der Waals surface area contributed by atoms with Gasteiger partial charge in [0.1, 0.15) is 5.82 Å². The van der Waals surface area contributed by atoms with Crippen molar-refractivity contribution in [1.82, 2.24) is 20.3 Å². The Labute approximate surface area is 183 Å². The number of carbonyl (C=O) groups is 1. The van der Waals surface area contributed by atoms with Gasteiger partial charge in [0.25, 0.3) is 5.91 Å². The van der Waals surface area contributed by atoms with Crippen molar-refractivity contribution in [2.45, 2.75) is 0 Å². The summed E-state index contributed by atoms with van der Waals surface area (Å²) in [5.41, 5.74) is 4.90. The van der Waals surface area contributed by atoms with Gasteiger partial charge < -0.3 is 10.3 Å². The molecule has 5 rings (SSSR count). The summed E-state index contributed by atoms with van der Waals surface area (Å²) in [6.45, 7) is 0. The van der Waals surface area contributed by atoms with Crippen LogP contribution >= 0.6 is 12.2 Å². The Balaban J connectivity index is 1.26. The largest absolute Gasteiger partial charge is 0.338 e. The third kappa shape index (κ3) is 3.99. The van der Waals surface area contributed by atoms with Crippen molar-refractivity contribution in [3.63, 3.8) is 0 Å². The zero-order valence-corrected chi connectivity index (χ0v) is 17.1. The lowest BCUT2D eigenvalue weighted by molar-refractivity contribution is 0.0978. The molecule has 5 aromatic rings. The summed E-state index contributed by atoms with van der Waals surface area (Å²) in [6, 6.07) is 24.7. The number of thiocarbonyl (C=S) groups is 1. The number of nitrogens with zero attached hydrogens (tertiary/aromatic N) is 2. The standard InChI is InChI=1S/C24H17N5OS/c30-23(17-8-7-15-4-3-13-25-21(15)14-17)29-24(31)26-18-11-9-16(10-12-18)22-27-19-5-1-2-6-20(19)28-22/h1-14H,(H,27,28)(H2,26,29,30,31). The van der Waals surface area contributed by atoms with Gasteiger partial charge >= 0.3 is 0 Å². The van der Waals surface area contributed by atoms with E-state index in [9.17, 15) is 4.79 Å². The summed E-state index contributed by atoms with van der Waals surface area (Å²) < 4.78 is 0. The molecule has 0 spiro atoms. The molecular formula is C24H17N5OS. The van der Waals surface area contributed by atoms with Gasteiger partial charge in [0, 0.05) is 28.4 Å². The number of anilines is 1. The zero-order valence-electron chi connectivity index (χ0n) is 16.3. The van der Waals surface area contributed by atoms with Gasteiger partial charge in [-0.3, -0.25) is 15.1 Å². The minimum Gasteiger partial charge on any atom is -0.338 e. The number of nitrogens with one attached hydrogen (secondary N) is 3. The number of imidazole rings is 1. The van der Waals surface area contributed by atoms with Crippen LogP contribution in [0.1, 0.15) is 10.4 Å². The van der Waals surface area contributed by atoms with Crippen molar-refractivity contribution in [2.75, 3.05) is 5.32 Å². The highest BCUT2D eigenvalue weighted by Crippen LogP contribution is 2.22.